The van der Waals surface area contributed by atoms with Gasteiger partial charge in [-0.1, -0.05) is 0 Å². The maximum absolute atomic E-state index is 11.9. The molecule has 144 valence electrons. The summed E-state index contributed by atoms with van der Waals surface area (Å²) in [7, 11) is 0. The molecule has 0 bridgehead atoms. The Morgan fingerprint density at radius 1 is 1.14 bits per heavy atom. The topological polar surface area (TPSA) is 101 Å². The van der Waals surface area contributed by atoms with Gasteiger partial charge in [-0.3, -0.25) is 9.78 Å². The van der Waals surface area contributed by atoms with Gasteiger partial charge in [0, 0.05) is 50.2 Å². The highest BCUT2D eigenvalue weighted by Gasteiger charge is 2.25. The number of aromatic nitrogens is 5. The van der Waals surface area contributed by atoms with Gasteiger partial charge in [0.25, 0.3) is 0 Å². The fraction of sp³-hybridized carbons (Fsp3) is 0.421. The van der Waals surface area contributed by atoms with E-state index in [1.807, 2.05) is 21.6 Å². The Morgan fingerprint density at radius 3 is 2.75 bits per heavy atom. The number of imidazole rings is 1. The predicted molar refractivity (Wildman–Crippen MR) is 105 cm³/mol. The van der Waals surface area contributed by atoms with Gasteiger partial charge in [0.15, 0.2) is 17.0 Å². The van der Waals surface area contributed by atoms with Crippen molar-refractivity contribution in [2.75, 3.05) is 23.7 Å². The van der Waals surface area contributed by atoms with E-state index >= 15 is 0 Å². The zero-order valence-electron chi connectivity index (χ0n) is 15.5. The lowest BCUT2D eigenvalue weighted by Crippen LogP contribution is -2.28. The van der Waals surface area contributed by atoms with Crippen molar-refractivity contribution in [3.05, 3.63) is 30.9 Å². The van der Waals surface area contributed by atoms with Crippen LogP contribution in [0.15, 0.2) is 30.9 Å². The van der Waals surface area contributed by atoms with E-state index in [1.54, 1.807) is 18.7 Å². The molecule has 1 saturated heterocycles. The molecule has 0 atom stereocenters. The highest BCUT2D eigenvalue weighted by molar-refractivity contribution is 5.85. The minimum absolute atomic E-state index is 0.232. The van der Waals surface area contributed by atoms with E-state index in [1.165, 1.54) is 0 Å². The van der Waals surface area contributed by atoms with Crippen LogP contribution in [0.2, 0.25) is 0 Å². The first kappa shape index (κ1) is 16.9. The number of nitrogens with zero attached hydrogens (tertiary/aromatic N) is 6. The summed E-state index contributed by atoms with van der Waals surface area (Å²) in [5, 5.41) is 6.70. The first-order valence-electron chi connectivity index (χ1n) is 9.70. The Bertz CT molecular complexity index is 998. The van der Waals surface area contributed by atoms with Gasteiger partial charge in [-0.15, -0.1) is 0 Å². The van der Waals surface area contributed by atoms with Crippen molar-refractivity contribution in [3.63, 3.8) is 0 Å². The summed E-state index contributed by atoms with van der Waals surface area (Å²) in [6, 6.07) is 4.20. The number of fused-ring (bicyclic) bond motifs is 1. The number of carbonyl (C=O) groups excluding carboxylic acids is 1. The SMILES string of the molecule is O=C1CCCN1CCn1cnc2c(NC3CC3)nc(Nc3ccncc3)nc21. The second-order valence-electron chi connectivity index (χ2n) is 7.27. The number of anilines is 3. The van der Waals surface area contributed by atoms with Crippen LogP contribution in [0.5, 0.6) is 0 Å². The van der Waals surface area contributed by atoms with E-state index in [0.717, 1.165) is 48.5 Å². The number of rotatable bonds is 7. The standard InChI is InChI=1S/C19H22N8O/c28-15-2-1-9-26(15)10-11-27-12-21-16-17(22-13-3-4-13)24-19(25-18(16)27)23-14-5-7-20-8-6-14/h5-8,12-13H,1-4,9-11H2,(H2,20,22,23,24,25). The monoisotopic (exact) mass is 378 g/mol. The number of likely N-dealkylation sites (tertiary alicyclic amines) is 1. The molecule has 1 amide bonds. The highest BCUT2D eigenvalue weighted by Crippen LogP contribution is 2.29. The minimum atomic E-state index is 0.232. The lowest BCUT2D eigenvalue weighted by Gasteiger charge is -2.16. The molecule has 0 spiro atoms. The molecule has 9 heteroatoms. The zero-order valence-corrected chi connectivity index (χ0v) is 15.5. The summed E-state index contributed by atoms with van der Waals surface area (Å²) in [5.41, 5.74) is 2.40. The van der Waals surface area contributed by atoms with Crippen molar-refractivity contribution in [3.8, 4) is 0 Å². The molecule has 1 aliphatic carbocycles. The third kappa shape index (κ3) is 3.47. The summed E-state index contributed by atoms with van der Waals surface area (Å²) < 4.78 is 2.00. The van der Waals surface area contributed by atoms with E-state index in [2.05, 4.69) is 25.6 Å². The van der Waals surface area contributed by atoms with Crippen LogP contribution in [0.3, 0.4) is 0 Å². The van der Waals surface area contributed by atoms with Gasteiger partial charge < -0.3 is 20.1 Å². The first-order valence-corrected chi connectivity index (χ1v) is 9.70. The molecule has 2 N–H and O–H groups in total. The van der Waals surface area contributed by atoms with Gasteiger partial charge in [-0.2, -0.15) is 9.97 Å². The number of hydrogen-bond donors (Lipinski definition) is 2. The molecule has 0 radical (unpaired) electrons. The van der Waals surface area contributed by atoms with Gasteiger partial charge >= 0.3 is 0 Å². The lowest BCUT2D eigenvalue weighted by molar-refractivity contribution is -0.127. The summed E-state index contributed by atoms with van der Waals surface area (Å²) in [4.78, 5) is 31.7. The Hall–Kier alpha value is -3.23. The molecule has 5 rings (SSSR count). The summed E-state index contributed by atoms with van der Waals surface area (Å²) >= 11 is 0. The number of amides is 1. The minimum Gasteiger partial charge on any atom is -0.365 e. The zero-order chi connectivity index (χ0) is 18.9. The second kappa shape index (κ2) is 7.06. The van der Waals surface area contributed by atoms with E-state index in [0.29, 0.717) is 31.5 Å². The third-order valence-electron chi connectivity index (χ3n) is 5.10. The van der Waals surface area contributed by atoms with Gasteiger partial charge in [0.05, 0.1) is 6.33 Å². The first-order chi connectivity index (χ1) is 13.8. The molecule has 1 saturated carbocycles. The maximum atomic E-state index is 11.9. The van der Waals surface area contributed by atoms with Crippen LogP contribution in [0.4, 0.5) is 17.5 Å². The second-order valence-corrected chi connectivity index (χ2v) is 7.27. The van der Waals surface area contributed by atoms with Crippen molar-refractivity contribution >= 4 is 34.5 Å². The molecule has 0 unspecified atom stereocenters. The van der Waals surface area contributed by atoms with Gasteiger partial charge in [-0.05, 0) is 31.4 Å². The molecule has 4 heterocycles. The Kier molecular flexibility index (Phi) is 4.27. The van der Waals surface area contributed by atoms with Crippen LogP contribution < -0.4 is 10.6 Å². The molecule has 28 heavy (non-hydrogen) atoms. The lowest BCUT2D eigenvalue weighted by atomic mass is 10.4. The molecule has 0 aromatic carbocycles. The summed E-state index contributed by atoms with van der Waals surface area (Å²) in [6.45, 7) is 2.17. The predicted octanol–water partition coefficient (Wildman–Crippen LogP) is 2.16. The molecule has 3 aromatic rings. The van der Waals surface area contributed by atoms with Crippen molar-refractivity contribution < 1.29 is 4.79 Å². The average Bonchev–Trinajstić information content (AvgIpc) is 3.28. The van der Waals surface area contributed by atoms with E-state index in [4.69, 9.17) is 4.98 Å². The van der Waals surface area contributed by atoms with Crippen LogP contribution >= 0.6 is 0 Å². The molecule has 1 aliphatic heterocycles. The van der Waals surface area contributed by atoms with Crippen molar-refractivity contribution in [2.24, 2.45) is 0 Å². The van der Waals surface area contributed by atoms with Gasteiger partial charge in [-0.25, -0.2) is 4.98 Å². The quantitative estimate of drug-likeness (QED) is 0.650. The fourth-order valence-electron chi connectivity index (χ4n) is 3.42. The molecule has 2 fully saturated rings. The van der Waals surface area contributed by atoms with Gasteiger partial charge in [0.1, 0.15) is 0 Å². The number of pyridine rings is 1. The Morgan fingerprint density at radius 2 is 2.00 bits per heavy atom. The molecular formula is C19H22N8O. The highest BCUT2D eigenvalue weighted by atomic mass is 16.2. The van der Waals surface area contributed by atoms with E-state index in [-0.39, 0.29) is 5.91 Å². The van der Waals surface area contributed by atoms with Crippen LogP contribution in [0.25, 0.3) is 11.2 Å². The molecular weight excluding hydrogens is 356 g/mol. The fourth-order valence-corrected chi connectivity index (χ4v) is 3.42. The van der Waals surface area contributed by atoms with Crippen molar-refractivity contribution in [2.45, 2.75) is 38.3 Å². The Balaban J connectivity index is 1.45. The van der Waals surface area contributed by atoms with Crippen LogP contribution in [0.1, 0.15) is 25.7 Å². The van der Waals surface area contributed by atoms with E-state index < -0.39 is 0 Å². The van der Waals surface area contributed by atoms with Crippen LogP contribution in [-0.4, -0.2) is 54.4 Å². The average molecular weight is 378 g/mol. The smallest absolute Gasteiger partial charge is 0.231 e. The number of hydrogen-bond acceptors (Lipinski definition) is 7. The van der Waals surface area contributed by atoms with Crippen molar-refractivity contribution in [1.29, 1.82) is 0 Å². The normalized spacial score (nSPS) is 16.7. The van der Waals surface area contributed by atoms with Crippen molar-refractivity contribution in [1.82, 2.24) is 29.4 Å². The molecule has 9 nitrogen and oxygen atoms in total. The van der Waals surface area contributed by atoms with Crippen LogP contribution in [-0.2, 0) is 11.3 Å². The largest absolute Gasteiger partial charge is 0.365 e. The van der Waals surface area contributed by atoms with Gasteiger partial charge in [0.2, 0.25) is 11.9 Å². The third-order valence-corrected chi connectivity index (χ3v) is 5.10. The maximum Gasteiger partial charge on any atom is 0.231 e. The Labute approximate surface area is 162 Å². The summed E-state index contributed by atoms with van der Waals surface area (Å²) in [5.74, 6) is 1.50. The van der Waals surface area contributed by atoms with Crippen LogP contribution in [0, 0.1) is 0 Å². The summed E-state index contributed by atoms with van der Waals surface area (Å²) in [6.07, 6.45) is 9.13. The molecule has 2 aliphatic rings. The van der Waals surface area contributed by atoms with E-state index in [9.17, 15) is 4.79 Å². The number of nitrogens with one attached hydrogen (secondary N) is 2. The molecule has 3 aromatic heterocycles. The number of carbonyl (C=O) groups is 1.